The predicted molar refractivity (Wildman–Crippen MR) is 90.0 cm³/mol. The maximum atomic E-state index is 6.28. The molecule has 0 saturated carbocycles. The molecule has 0 amide bonds. The monoisotopic (exact) mass is 320 g/mol. The molecule has 3 rings (SSSR count). The van der Waals surface area contributed by atoms with Crippen LogP contribution in [0.25, 0.3) is 10.9 Å². The smallest absolute Gasteiger partial charge is 0.139 e. The Morgan fingerprint density at radius 1 is 1.18 bits per heavy atom. The lowest BCUT2D eigenvalue weighted by atomic mass is 10.2. The van der Waals surface area contributed by atoms with Gasteiger partial charge in [-0.15, -0.1) is 0 Å². The van der Waals surface area contributed by atoms with Crippen LogP contribution in [0.4, 0.5) is 5.82 Å². The molecule has 6 heteroatoms. The van der Waals surface area contributed by atoms with Crippen LogP contribution in [0.1, 0.15) is 13.3 Å². The van der Waals surface area contributed by atoms with Crippen molar-refractivity contribution in [2.24, 2.45) is 0 Å². The van der Waals surface area contributed by atoms with Crippen molar-refractivity contribution in [3.05, 3.63) is 23.5 Å². The second-order valence-corrected chi connectivity index (χ2v) is 5.88. The average Bonchev–Trinajstić information content (AvgIpc) is 2.79. The third-order valence-corrected chi connectivity index (χ3v) is 4.52. The Balaban J connectivity index is 1.98. The van der Waals surface area contributed by atoms with Crippen LogP contribution in [0.3, 0.4) is 0 Å². The van der Waals surface area contributed by atoms with Crippen molar-refractivity contribution in [2.45, 2.75) is 13.3 Å². The molecule has 1 saturated heterocycles. The first-order valence-electron chi connectivity index (χ1n) is 7.68. The second kappa shape index (κ2) is 6.67. The van der Waals surface area contributed by atoms with E-state index in [1.807, 2.05) is 12.1 Å². The quantitative estimate of drug-likeness (QED) is 0.870. The Kier molecular flexibility index (Phi) is 4.64. The standard InChI is InChI=1S/C16H21ClN4O/c1-3-20-5-4-6-21(8-7-20)16-12-9-13(17)15(22-2)10-14(12)18-11-19-16/h9-11H,3-8H2,1-2H3. The Morgan fingerprint density at radius 3 is 2.82 bits per heavy atom. The van der Waals surface area contributed by atoms with E-state index in [4.69, 9.17) is 16.3 Å². The topological polar surface area (TPSA) is 41.5 Å². The Morgan fingerprint density at radius 2 is 2.05 bits per heavy atom. The van der Waals surface area contributed by atoms with E-state index in [0.717, 1.165) is 55.9 Å². The van der Waals surface area contributed by atoms with Crippen LogP contribution in [0.2, 0.25) is 5.02 Å². The Bertz CT molecular complexity index is 664. The summed E-state index contributed by atoms with van der Waals surface area (Å²) in [5.41, 5.74) is 0.864. The maximum Gasteiger partial charge on any atom is 0.139 e. The highest BCUT2D eigenvalue weighted by molar-refractivity contribution is 6.33. The van der Waals surface area contributed by atoms with Crippen LogP contribution >= 0.6 is 11.6 Å². The number of hydrogen-bond donors (Lipinski definition) is 0. The summed E-state index contributed by atoms with van der Waals surface area (Å²) in [4.78, 5) is 13.7. The lowest BCUT2D eigenvalue weighted by Gasteiger charge is -2.23. The van der Waals surface area contributed by atoms with Gasteiger partial charge in [-0.05, 0) is 25.6 Å². The minimum atomic E-state index is 0.594. The van der Waals surface area contributed by atoms with Gasteiger partial charge in [0, 0.05) is 31.1 Å². The summed E-state index contributed by atoms with van der Waals surface area (Å²) >= 11 is 6.28. The van der Waals surface area contributed by atoms with Crippen molar-refractivity contribution in [1.29, 1.82) is 0 Å². The van der Waals surface area contributed by atoms with E-state index in [0.29, 0.717) is 10.8 Å². The molecule has 5 nitrogen and oxygen atoms in total. The van der Waals surface area contributed by atoms with Gasteiger partial charge < -0.3 is 14.5 Å². The molecule has 0 spiro atoms. The summed E-state index contributed by atoms with van der Waals surface area (Å²) in [5.74, 6) is 1.61. The van der Waals surface area contributed by atoms with Crippen molar-refractivity contribution in [1.82, 2.24) is 14.9 Å². The molecule has 22 heavy (non-hydrogen) atoms. The molecular formula is C16H21ClN4O. The summed E-state index contributed by atoms with van der Waals surface area (Å²) in [7, 11) is 1.61. The van der Waals surface area contributed by atoms with E-state index >= 15 is 0 Å². The number of fused-ring (bicyclic) bond motifs is 1. The van der Waals surface area contributed by atoms with Crippen LogP contribution < -0.4 is 9.64 Å². The number of halogens is 1. The average molecular weight is 321 g/mol. The number of methoxy groups -OCH3 is 1. The van der Waals surface area contributed by atoms with Gasteiger partial charge in [0.15, 0.2) is 0 Å². The first-order valence-corrected chi connectivity index (χ1v) is 8.06. The summed E-state index contributed by atoms with van der Waals surface area (Å²) in [6.07, 6.45) is 2.76. The van der Waals surface area contributed by atoms with Gasteiger partial charge in [0.05, 0.1) is 17.6 Å². The van der Waals surface area contributed by atoms with Gasteiger partial charge in [0.1, 0.15) is 17.9 Å². The summed E-state index contributed by atoms with van der Waals surface area (Å²) < 4.78 is 5.27. The SMILES string of the molecule is CCN1CCCN(c2ncnc3cc(OC)c(Cl)cc23)CC1. The number of benzene rings is 1. The highest BCUT2D eigenvalue weighted by Crippen LogP contribution is 2.33. The van der Waals surface area contributed by atoms with Gasteiger partial charge in [-0.2, -0.15) is 0 Å². The zero-order valence-electron chi connectivity index (χ0n) is 13.0. The number of aromatic nitrogens is 2. The molecule has 1 aliphatic rings. The zero-order valence-corrected chi connectivity index (χ0v) is 13.8. The van der Waals surface area contributed by atoms with E-state index < -0.39 is 0 Å². The molecule has 0 aliphatic carbocycles. The highest BCUT2D eigenvalue weighted by Gasteiger charge is 2.18. The van der Waals surface area contributed by atoms with E-state index in [2.05, 4.69) is 26.7 Å². The third kappa shape index (κ3) is 2.96. The molecule has 1 aromatic heterocycles. The Labute approximate surface area is 135 Å². The summed E-state index contributed by atoms with van der Waals surface area (Å²) in [6, 6.07) is 3.78. The number of likely N-dealkylation sites (N-methyl/N-ethyl adjacent to an activating group) is 1. The van der Waals surface area contributed by atoms with Crippen LogP contribution in [0.15, 0.2) is 18.5 Å². The van der Waals surface area contributed by atoms with Crippen molar-refractivity contribution >= 4 is 28.3 Å². The van der Waals surface area contributed by atoms with Crippen LogP contribution in [-0.2, 0) is 0 Å². The summed E-state index contributed by atoms with van der Waals surface area (Å²) in [6.45, 7) is 7.50. The predicted octanol–water partition coefficient (Wildman–Crippen LogP) is 2.82. The number of nitrogens with zero attached hydrogens (tertiary/aromatic N) is 4. The molecule has 118 valence electrons. The van der Waals surface area contributed by atoms with Gasteiger partial charge in [0.25, 0.3) is 0 Å². The molecule has 1 aliphatic heterocycles. The molecule has 0 bridgehead atoms. The number of hydrogen-bond acceptors (Lipinski definition) is 5. The first kappa shape index (κ1) is 15.3. The van der Waals surface area contributed by atoms with Gasteiger partial charge >= 0.3 is 0 Å². The fraction of sp³-hybridized carbons (Fsp3) is 0.500. The molecule has 0 atom stereocenters. The van der Waals surface area contributed by atoms with Crippen LogP contribution in [-0.4, -0.2) is 54.7 Å². The lowest BCUT2D eigenvalue weighted by molar-refractivity contribution is 0.310. The van der Waals surface area contributed by atoms with Crippen molar-refractivity contribution in [3.63, 3.8) is 0 Å². The molecule has 1 aromatic carbocycles. The van der Waals surface area contributed by atoms with Crippen LogP contribution in [0, 0.1) is 0 Å². The van der Waals surface area contributed by atoms with E-state index in [9.17, 15) is 0 Å². The van der Waals surface area contributed by atoms with Gasteiger partial charge in [-0.1, -0.05) is 18.5 Å². The molecule has 0 unspecified atom stereocenters. The van der Waals surface area contributed by atoms with Crippen LogP contribution in [0.5, 0.6) is 5.75 Å². The third-order valence-electron chi connectivity index (χ3n) is 4.22. The Hall–Kier alpha value is -1.59. The lowest BCUT2D eigenvalue weighted by Crippen LogP contribution is -2.31. The molecule has 2 aromatic rings. The minimum absolute atomic E-state index is 0.594. The van der Waals surface area contributed by atoms with E-state index in [1.165, 1.54) is 0 Å². The number of ether oxygens (including phenoxy) is 1. The molecule has 0 N–H and O–H groups in total. The van der Waals surface area contributed by atoms with E-state index in [1.54, 1.807) is 13.4 Å². The highest BCUT2D eigenvalue weighted by atomic mass is 35.5. The van der Waals surface area contributed by atoms with Gasteiger partial charge in [0.2, 0.25) is 0 Å². The zero-order chi connectivity index (χ0) is 15.5. The minimum Gasteiger partial charge on any atom is -0.495 e. The molecule has 0 radical (unpaired) electrons. The maximum absolute atomic E-state index is 6.28. The first-order chi connectivity index (χ1) is 10.7. The largest absolute Gasteiger partial charge is 0.495 e. The van der Waals surface area contributed by atoms with Gasteiger partial charge in [-0.3, -0.25) is 0 Å². The number of anilines is 1. The van der Waals surface area contributed by atoms with Crippen molar-refractivity contribution in [2.75, 3.05) is 44.7 Å². The number of rotatable bonds is 3. The second-order valence-electron chi connectivity index (χ2n) is 5.48. The van der Waals surface area contributed by atoms with Crippen molar-refractivity contribution < 1.29 is 4.74 Å². The fourth-order valence-electron chi connectivity index (χ4n) is 2.95. The fourth-order valence-corrected chi connectivity index (χ4v) is 3.19. The normalized spacial score (nSPS) is 16.8. The van der Waals surface area contributed by atoms with Gasteiger partial charge in [-0.25, -0.2) is 9.97 Å². The molecule has 1 fully saturated rings. The summed E-state index contributed by atoms with van der Waals surface area (Å²) in [5, 5.41) is 1.58. The molecule has 2 heterocycles. The molecular weight excluding hydrogens is 300 g/mol. The van der Waals surface area contributed by atoms with E-state index in [-0.39, 0.29) is 0 Å². The van der Waals surface area contributed by atoms with Crippen molar-refractivity contribution in [3.8, 4) is 5.75 Å².